The highest BCUT2D eigenvalue weighted by molar-refractivity contribution is 5.84. The number of para-hydroxylation sites is 2. The Labute approximate surface area is 228 Å². The number of hydrogen-bond donors (Lipinski definition) is 0. The maximum absolute atomic E-state index is 4.91. The summed E-state index contributed by atoms with van der Waals surface area (Å²) in [7, 11) is 0. The van der Waals surface area contributed by atoms with Crippen molar-refractivity contribution >= 4 is 23.3 Å². The van der Waals surface area contributed by atoms with Gasteiger partial charge in [-0.25, -0.2) is 5.01 Å². The minimum Gasteiger partial charge on any atom is -0.367 e. The van der Waals surface area contributed by atoms with Gasteiger partial charge in [0, 0.05) is 18.8 Å². The average Bonchev–Trinajstić information content (AvgIpc) is 2.95. The molecule has 4 rings (SSSR count). The van der Waals surface area contributed by atoms with E-state index < -0.39 is 0 Å². The van der Waals surface area contributed by atoms with Gasteiger partial charge in [0.25, 0.3) is 0 Å². The molecule has 0 heterocycles. The first-order valence-electron chi connectivity index (χ1n) is 13.3. The molecule has 4 aromatic rings. The van der Waals surface area contributed by atoms with Gasteiger partial charge in [0.2, 0.25) is 0 Å². The Bertz CT molecular complexity index is 1300. The van der Waals surface area contributed by atoms with Gasteiger partial charge in [0.15, 0.2) is 0 Å². The SMILES string of the molecule is C/C=C\C=C/C(C)CN(Cc1ccccc1)c1ccc(/C=N/N(c2ccccc2)c2ccccc2)c(C)c1. The molecule has 0 N–H and O–H groups in total. The molecule has 0 radical (unpaired) electrons. The van der Waals surface area contributed by atoms with Gasteiger partial charge in [-0.15, -0.1) is 0 Å². The molecule has 0 aliphatic rings. The van der Waals surface area contributed by atoms with Gasteiger partial charge in [-0.1, -0.05) is 104 Å². The lowest BCUT2D eigenvalue weighted by Gasteiger charge is -2.28. The summed E-state index contributed by atoms with van der Waals surface area (Å²) in [4.78, 5) is 2.47. The van der Waals surface area contributed by atoms with E-state index in [-0.39, 0.29) is 0 Å². The predicted octanol–water partition coefficient (Wildman–Crippen LogP) is 8.94. The van der Waals surface area contributed by atoms with Crippen LogP contribution in [-0.2, 0) is 6.54 Å². The van der Waals surface area contributed by atoms with Crippen molar-refractivity contribution in [2.75, 3.05) is 16.5 Å². The standard InChI is InChI=1S/C35H37N3/c1-4-5-9-16-29(2)27-37(28-31-17-10-6-11-18-31)35-24-23-32(30(3)25-35)26-36-38(33-19-12-7-13-20-33)34-21-14-8-15-22-34/h4-26,29H,27-28H2,1-3H3/b5-4-,16-9-,36-26+. The maximum Gasteiger partial charge on any atom is 0.0652 e. The van der Waals surface area contributed by atoms with Crippen molar-refractivity contribution in [3.8, 4) is 0 Å². The van der Waals surface area contributed by atoms with Crippen molar-refractivity contribution in [1.82, 2.24) is 0 Å². The van der Waals surface area contributed by atoms with E-state index in [4.69, 9.17) is 5.10 Å². The molecule has 0 saturated heterocycles. The van der Waals surface area contributed by atoms with Crippen LogP contribution >= 0.6 is 0 Å². The molecule has 0 amide bonds. The molecule has 0 spiro atoms. The lowest BCUT2D eigenvalue weighted by molar-refractivity contribution is 0.662. The molecular formula is C35H37N3. The third-order valence-electron chi connectivity index (χ3n) is 6.40. The molecule has 3 nitrogen and oxygen atoms in total. The Morgan fingerprint density at radius 3 is 1.92 bits per heavy atom. The van der Waals surface area contributed by atoms with E-state index in [0.717, 1.165) is 30.0 Å². The van der Waals surface area contributed by atoms with Crippen molar-refractivity contribution < 1.29 is 0 Å². The summed E-state index contributed by atoms with van der Waals surface area (Å²) in [6.45, 7) is 8.28. The van der Waals surface area contributed by atoms with Gasteiger partial charge in [0.1, 0.15) is 0 Å². The van der Waals surface area contributed by atoms with Crippen molar-refractivity contribution in [3.63, 3.8) is 0 Å². The van der Waals surface area contributed by atoms with Crippen LogP contribution in [0.3, 0.4) is 0 Å². The first kappa shape index (κ1) is 26.7. The van der Waals surface area contributed by atoms with Crippen LogP contribution in [0, 0.1) is 12.8 Å². The number of anilines is 3. The van der Waals surface area contributed by atoms with Crippen LogP contribution in [0.25, 0.3) is 0 Å². The first-order valence-corrected chi connectivity index (χ1v) is 13.3. The lowest BCUT2D eigenvalue weighted by atomic mass is 10.1. The van der Waals surface area contributed by atoms with E-state index in [9.17, 15) is 0 Å². The topological polar surface area (TPSA) is 18.8 Å². The molecule has 0 fully saturated rings. The van der Waals surface area contributed by atoms with Crippen molar-refractivity contribution in [1.29, 1.82) is 0 Å². The molecule has 0 bridgehead atoms. The van der Waals surface area contributed by atoms with E-state index >= 15 is 0 Å². The number of allylic oxidation sites excluding steroid dienone is 3. The number of rotatable bonds is 11. The van der Waals surface area contributed by atoms with Crippen molar-refractivity contribution in [2.24, 2.45) is 11.0 Å². The van der Waals surface area contributed by atoms with Crippen molar-refractivity contribution in [3.05, 3.63) is 150 Å². The second-order valence-electron chi connectivity index (χ2n) is 9.52. The predicted molar refractivity (Wildman–Crippen MR) is 164 cm³/mol. The van der Waals surface area contributed by atoms with E-state index in [1.54, 1.807) is 0 Å². The Morgan fingerprint density at radius 1 is 0.737 bits per heavy atom. The van der Waals surface area contributed by atoms with Crippen LogP contribution in [0.1, 0.15) is 30.5 Å². The fraction of sp³-hybridized carbons (Fsp3) is 0.171. The second kappa shape index (κ2) is 13.8. The van der Waals surface area contributed by atoms with Crippen LogP contribution in [0.15, 0.2) is 139 Å². The molecule has 0 aliphatic heterocycles. The highest BCUT2D eigenvalue weighted by atomic mass is 15.5. The molecule has 4 aromatic carbocycles. The zero-order valence-corrected chi connectivity index (χ0v) is 22.6. The maximum atomic E-state index is 4.91. The summed E-state index contributed by atoms with van der Waals surface area (Å²) in [6, 6.07) is 37.9. The summed E-state index contributed by atoms with van der Waals surface area (Å²) in [5, 5.41) is 6.89. The number of hydrogen-bond acceptors (Lipinski definition) is 3. The second-order valence-corrected chi connectivity index (χ2v) is 9.52. The van der Waals surface area contributed by atoms with Gasteiger partial charge in [-0.2, -0.15) is 5.10 Å². The summed E-state index contributed by atoms with van der Waals surface area (Å²) >= 11 is 0. The van der Waals surface area contributed by atoms with Gasteiger partial charge in [-0.05, 0) is 72.9 Å². The zero-order valence-electron chi connectivity index (χ0n) is 22.6. The molecule has 192 valence electrons. The first-order chi connectivity index (χ1) is 18.6. The molecule has 3 heteroatoms. The Morgan fingerprint density at radius 2 is 1.34 bits per heavy atom. The van der Waals surface area contributed by atoms with Crippen LogP contribution in [0.5, 0.6) is 0 Å². The fourth-order valence-electron chi connectivity index (χ4n) is 4.38. The van der Waals surface area contributed by atoms with Crippen LogP contribution in [0.4, 0.5) is 17.1 Å². The Balaban J connectivity index is 1.59. The third-order valence-corrected chi connectivity index (χ3v) is 6.40. The fourth-order valence-corrected chi connectivity index (χ4v) is 4.38. The van der Waals surface area contributed by atoms with Crippen molar-refractivity contribution in [2.45, 2.75) is 27.3 Å². The van der Waals surface area contributed by atoms with Crippen LogP contribution in [0.2, 0.25) is 0 Å². The summed E-state index contributed by atoms with van der Waals surface area (Å²) in [5.41, 5.74) is 6.88. The average molecular weight is 500 g/mol. The van der Waals surface area contributed by atoms with Crippen LogP contribution in [-0.4, -0.2) is 12.8 Å². The quantitative estimate of drug-likeness (QED) is 0.116. The summed E-state index contributed by atoms with van der Waals surface area (Å²) in [6.07, 6.45) is 10.5. The molecule has 1 unspecified atom stereocenters. The lowest BCUT2D eigenvalue weighted by Crippen LogP contribution is -2.27. The Hall–Kier alpha value is -4.37. The minimum atomic E-state index is 0.418. The van der Waals surface area contributed by atoms with E-state index in [1.807, 2.05) is 54.5 Å². The molecule has 0 saturated carbocycles. The van der Waals surface area contributed by atoms with E-state index in [0.29, 0.717) is 5.92 Å². The minimum absolute atomic E-state index is 0.418. The Kier molecular flexibility index (Phi) is 9.69. The van der Waals surface area contributed by atoms with E-state index in [2.05, 4.69) is 116 Å². The molecule has 1 atom stereocenters. The number of nitrogens with zero attached hydrogens (tertiary/aromatic N) is 3. The smallest absolute Gasteiger partial charge is 0.0652 e. The summed E-state index contributed by atoms with van der Waals surface area (Å²) in [5.74, 6) is 0.418. The normalized spacial score (nSPS) is 12.4. The van der Waals surface area contributed by atoms with Gasteiger partial charge >= 0.3 is 0 Å². The highest BCUT2D eigenvalue weighted by Crippen LogP contribution is 2.26. The third kappa shape index (κ3) is 7.57. The zero-order chi connectivity index (χ0) is 26.6. The molecule has 0 aliphatic carbocycles. The highest BCUT2D eigenvalue weighted by Gasteiger charge is 2.12. The number of aryl methyl sites for hydroxylation is 1. The van der Waals surface area contributed by atoms with Gasteiger partial charge in [0.05, 0.1) is 17.6 Å². The number of benzene rings is 4. The van der Waals surface area contributed by atoms with E-state index in [1.165, 1.54) is 16.8 Å². The number of hydrazone groups is 1. The molecule has 0 aromatic heterocycles. The monoisotopic (exact) mass is 499 g/mol. The van der Waals surface area contributed by atoms with Crippen LogP contribution < -0.4 is 9.91 Å². The largest absolute Gasteiger partial charge is 0.367 e. The van der Waals surface area contributed by atoms with Gasteiger partial charge in [-0.3, -0.25) is 0 Å². The molecular weight excluding hydrogens is 462 g/mol. The van der Waals surface area contributed by atoms with Gasteiger partial charge < -0.3 is 4.90 Å². The summed E-state index contributed by atoms with van der Waals surface area (Å²) < 4.78 is 0. The molecule has 38 heavy (non-hydrogen) atoms.